The molecule has 0 saturated carbocycles. The summed E-state index contributed by atoms with van der Waals surface area (Å²) in [6.45, 7) is 10.5. The molecule has 23 nitrogen and oxygen atoms in total. The lowest BCUT2D eigenvalue weighted by molar-refractivity contribution is -0.120. The first-order valence-corrected chi connectivity index (χ1v) is 36.9. The summed E-state index contributed by atoms with van der Waals surface area (Å²) in [5, 5.41) is 12.4. The second kappa shape index (κ2) is 36.6. The van der Waals surface area contributed by atoms with Crippen molar-refractivity contribution in [2.45, 2.75) is 65.3 Å². The number of nitrogens with one attached hydrogen (secondary N) is 3. The summed E-state index contributed by atoms with van der Waals surface area (Å²) >= 11 is 0. The first kappa shape index (κ1) is 78.8. The highest BCUT2D eigenvalue weighted by Gasteiger charge is 2.32. The predicted octanol–water partition coefficient (Wildman–Crippen LogP) is 15.8. The van der Waals surface area contributed by atoms with Gasteiger partial charge in [-0.15, -0.1) is 0 Å². The highest BCUT2D eigenvalue weighted by Crippen LogP contribution is 2.47. The van der Waals surface area contributed by atoms with Crippen molar-refractivity contribution in [2.75, 3.05) is 90.2 Å². The lowest BCUT2D eigenvalue weighted by Crippen LogP contribution is -2.25. The third-order valence-corrected chi connectivity index (χ3v) is 20.1. The monoisotopic (exact) mass is 1520 g/mol. The summed E-state index contributed by atoms with van der Waals surface area (Å²) in [4.78, 5) is 52.8. The lowest BCUT2D eigenvalue weighted by Gasteiger charge is -2.21. The third-order valence-electron chi connectivity index (χ3n) is 20.1. The summed E-state index contributed by atoms with van der Waals surface area (Å²) in [7, 11) is 14.3. The molecule has 7 heterocycles. The topological polar surface area (TPSA) is 259 Å². The van der Waals surface area contributed by atoms with Crippen LogP contribution in [0.4, 0.5) is 0 Å². The molecule has 3 aliphatic heterocycles. The molecule has 3 N–H and O–H groups in total. The van der Waals surface area contributed by atoms with E-state index in [4.69, 9.17) is 61.6 Å². The number of hydrogen-bond acceptors (Lipinski definition) is 20. The van der Waals surface area contributed by atoms with E-state index in [0.29, 0.717) is 97.2 Å². The van der Waals surface area contributed by atoms with Gasteiger partial charge in [0, 0.05) is 103 Å². The average Bonchev–Trinajstić information content (AvgIpc) is 1.01. The van der Waals surface area contributed by atoms with Crippen molar-refractivity contribution in [3.05, 3.63) is 189 Å². The molecule has 0 unspecified atom stereocenters. The second-order valence-electron chi connectivity index (χ2n) is 27.0. The summed E-state index contributed by atoms with van der Waals surface area (Å²) in [5.41, 5.74) is 11.1. The van der Waals surface area contributed by atoms with E-state index in [9.17, 15) is 14.4 Å². The van der Waals surface area contributed by atoms with Gasteiger partial charge in [-0.05, 0) is 206 Å². The molecular weight excluding hydrogens is 1420 g/mol. The number of carbonyl (C=O) groups excluding carboxylic acids is 3. The average molecular weight is 1520 g/mol. The van der Waals surface area contributed by atoms with Crippen LogP contribution in [0.1, 0.15) is 47.0 Å². The number of amides is 3. The number of rotatable bonds is 24. The molecule has 0 radical (unpaired) electrons. The van der Waals surface area contributed by atoms with Gasteiger partial charge >= 0.3 is 0 Å². The van der Waals surface area contributed by atoms with Crippen LogP contribution in [0.25, 0.3) is 88.1 Å². The lowest BCUT2D eigenvalue weighted by atomic mass is 10.0. The van der Waals surface area contributed by atoms with E-state index in [1.807, 2.05) is 167 Å². The van der Waals surface area contributed by atoms with Crippen LogP contribution in [0.5, 0.6) is 74.7 Å². The zero-order valence-corrected chi connectivity index (χ0v) is 65.1. The Kier molecular flexibility index (Phi) is 25.8. The second-order valence-corrected chi connectivity index (χ2v) is 27.0. The van der Waals surface area contributed by atoms with Crippen LogP contribution < -0.4 is 77.5 Å². The Balaban J connectivity index is 0.000000139. The van der Waals surface area contributed by atoms with Crippen LogP contribution in [-0.4, -0.2) is 146 Å². The number of pyridine rings is 4. The van der Waals surface area contributed by atoms with Crippen LogP contribution >= 0.6 is 0 Å². The first-order chi connectivity index (χ1) is 54.5. The first-order valence-electron chi connectivity index (χ1n) is 36.9. The minimum absolute atomic E-state index is 0.0478. The molecule has 4 aromatic heterocycles. The number of benzene rings is 8. The van der Waals surface area contributed by atoms with Gasteiger partial charge in [0.2, 0.25) is 35.0 Å². The quantitative estimate of drug-likeness (QED) is 0.0508. The standard InChI is InChI=1S/2C24H26N2O5.C21H20N2O2.C20H21NO4/c2*1-14(17-12-23(27)26-13-17)31-20-9-15(8-19-18(20)6-5-7-25-19)16-10-21(28-2)24(30-4)22(11-16)29-3;1-14(17-12-21(24)23-13-17)25-20-11-16(15-6-3-2-4-7-15)10-19-18(20)8-5-9-22-19;1-5-25-17-10-13(9-16-15(17)7-6-8-21-16)14-11-18(22-2)20(24-4)19(12-14)23-3/h2*5-11,14,17H,12-13H2,1-4H3,(H,26,27);2-11,14,17H,12-13H2,1H3,(H,23,24);6-12H,5H2,1-4H3/t3*14-,17-;/m111./s1. The largest absolute Gasteiger partial charge is 0.493 e. The molecule has 0 spiro atoms. The van der Waals surface area contributed by atoms with Crippen LogP contribution in [-0.2, 0) is 14.4 Å². The van der Waals surface area contributed by atoms with Crippen molar-refractivity contribution in [1.82, 2.24) is 35.9 Å². The zero-order chi connectivity index (χ0) is 79.0. The maximum Gasteiger partial charge on any atom is 0.220 e. The summed E-state index contributed by atoms with van der Waals surface area (Å²) in [5.74, 6) is 8.91. The van der Waals surface area contributed by atoms with Gasteiger partial charge in [0.05, 0.1) is 92.7 Å². The fraction of sp³-hybridized carbons (Fsp3) is 0.292. The molecule has 3 saturated heterocycles. The maximum absolute atomic E-state index is 11.6. The third kappa shape index (κ3) is 18.1. The molecule has 12 aromatic rings. The van der Waals surface area contributed by atoms with E-state index in [0.717, 1.165) is 111 Å². The maximum atomic E-state index is 11.6. The van der Waals surface area contributed by atoms with E-state index < -0.39 is 0 Å². The minimum atomic E-state index is -0.127. The molecule has 6 atom stereocenters. The van der Waals surface area contributed by atoms with Gasteiger partial charge in [-0.25, -0.2) is 0 Å². The molecule has 8 aromatic carbocycles. The van der Waals surface area contributed by atoms with Crippen molar-refractivity contribution in [2.24, 2.45) is 17.8 Å². The number of nitrogens with zero attached hydrogens (tertiary/aromatic N) is 4. The van der Waals surface area contributed by atoms with E-state index in [-0.39, 0.29) is 53.8 Å². The molecule has 3 fully saturated rings. The molecule has 112 heavy (non-hydrogen) atoms. The van der Waals surface area contributed by atoms with Gasteiger partial charge in [-0.2, -0.15) is 0 Å². The van der Waals surface area contributed by atoms with E-state index in [2.05, 4.69) is 60.2 Å². The molecule has 3 amide bonds. The van der Waals surface area contributed by atoms with E-state index >= 15 is 0 Å². The molecule has 580 valence electrons. The predicted molar refractivity (Wildman–Crippen MR) is 432 cm³/mol. The fourth-order valence-corrected chi connectivity index (χ4v) is 14.0. The van der Waals surface area contributed by atoms with Crippen molar-refractivity contribution in [1.29, 1.82) is 0 Å². The van der Waals surface area contributed by atoms with Gasteiger partial charge in [-0.1, -0.05) is 30.3 Å². The molecular formula is C89H93N7O16. The molecule has 23 heteroatoms. The van der Waals surface area contributed by atoms with Gasteiger partial charge in [0.1, 0.15) is 41.3 Å². The van der Waals surface area contributed by atoms with Gasteiger partial charge in [0.25, 0.3) is 0 Å². The van der Waals surface area contributed by atoms with Crippen LogP contribution in [0.2, 0.25) is 0 Å². The Hall–Kier alpha value is -12.8. The van der Waals surface area contributed by atoms with Crippen molar-refractivity contribution in [3.63, 3.8) is 0 Å². The van der Waals surface area contributed by atoms with Crippen LogP contribution in [0.15, 0.2) is 189 Å². The fourth-order valence-electron chi connectivity index (χ4n) is 14.0. The smallest absolute Gasteiger partial charge is 0.220 e. The molecule has 0 aliphatic carbocycles. The number of ether oxygens (including phenoxy) is 13. The molecule has 15 rings (SSSR count). The summed E-state index contributed by atoms with van der Waals surface area (Å²) in [6, 6.07) is 53.5. The highest BCUT2D eigenvalue weighted by atomic mass is 16.5. The zero-order valence-electron chi connectivity index (χ0n) is 65.1. The Bertz CT molecular complexity index is 5090. The van der Waals surface area contributed by atoms with Crippen molar-refractivity contribution >= 4 is 61.3 Å². The van der Waals surface area contributed by atoms with Crippen LogP contribution in [0.3, 0.4) is 0 Å². The Morgan fingerprint density at radius 3 is 0.812 bits per heavy atom. The van der Waals surface area contributed by atoms with Crippen molar-refractivity contribution < 1.29 is 76.0 Å². The number of hydrogen-bond donors (Lipinski definition) is 3. The van der Waals surface area contributed by atoms with Gasteiger partial charge in [-0.3, -0.25) is 34.3 Å². The summed E-state index contributed by atoms with van der Waals surface area (Å²) in [6.07, 6.45) is 8.26. The van der Waals surface area contributed by atoms with E-state index in [1.165, 1.54) is 0 Å². The van der Waals surface area contributed by atoms with Gasteiger partial charge < -0.3 is 77.5 Å². The SMILES string of the molecule is CCOc1cc(-c2cc(OC)c(OC)c(OC)c2)cc2ncccc12.COc1cc(-c2cc(O[C@H](C)[C@H]3CNC(=O)C3)c3cccnc3c2)cc(OC)c1OC.COc1cc(-c2cc(O[C@H](C)[C@H]3CNC(=O)C3)c3cccnc3c2)cc(OC)c1OC.C[C@@H](Oc1cc(-c2ccccc2)cc2ncccc12)[C@H]1CNC(=O)C1. The van der Waals surface area contributed by atoms with Crippen LogP contribution in [0, 0.1) is 17.8 Å². The number of aromatic nitrogens is 4. The Morgan fingerprint density at radius 2 is 0.562 bits per heavy atom. The molecule has 3 aliphatic rings. The normalized spacial score (nSPS) is 15.6. The minimum Gasteiger partial charge on any atom is -0.493 e. The number of methoxy groups -OCH3 is 9. The molecule has 0 bridgehead atoms. The number of fused-ring (bicyclic) bond motifs is 4. The number of carbonyl (C=O) groups is 3. The van der Waals surface area contributed by atoms with E-state index in [1.54, 1.807) is 88.8 Å². The Labute approximate surface area is 651 Å². The Morgan fingerprint density at radius 1 is 0.312 bits per heavy atom. The highest BCUT2D eigenvalue weighted by molar-refractivity contribution is 5.94. The van der Waals surface area contributed by atoms with Gasteiger partial charge in [0.15, 0.2) is 34.5 Å². The van der Waals surface area contributed by atoms with Crippen molar-refractivity contribution in [3.8, 4) is 119 Å². The summed E-state index contributed by atoms with van der Waals surface area (Å²) < 4.78 is 74.0.